The number of benzene rings is 2. The molecular formula is C23H30FN5O2. The predicted octanol–water partition coefficient (Wildman–Crippen LogP) is 2.77. The molecular weight excluding hydrogens is 397 g/mol. The third-order valence-electron chi connectivity index (χ3n) is 5.29. The van der Waals surface area contributed by atoms with Gasteiger partial charge in [-0.05, 0) is 50.2 Å². The van der Waals surface area contributed by atoms with Gasteiger partial charge in [-0.2, -0.15) is 0 Å². The largest absolute Gasteiger partial charge is 0.496 e. The molecule has 1 unspecified atom stereocenters. The molecule has 0 radical (unpaired) electrons. The van der Waals surface area contributed by atoms with Gasteiger partial charge in [-0.3, -0.25) is 14.7 Å². The zero-order valence-corrected chi connectivity index (χ0v) is 18.0. The number of guanidine groups is 1. The molecule has 1 aliphatic rings. The SMILES string of the molecule is CN=C(NCC(=O)Nc1cccc(F)c1)NCC(c1ccccc1OC)N1CCCC1. The van der Waals surface area contributed by atoms with Crippen LogP contribution in [0.15, 0.2) is 53.5 Å². The Kier molecular flexibility index (Phi) is 8.23. The van der Waals surface area contributed by atoms with Gasteiger partial charge < -0.3 is 20.7 Å². The van der Waals surface area contributed by atoms with Crippen molar-refractivity contribution in [2.75, 3.05) is 45.7 Å². The monoisotopic (exact) mass is 427 g/mol. The number of methoxy groups -OCH3 is 1. The molecule has 0 spiro atoms. The smallest absolute Gasteiger partial charge is 0.243 e. The van der Waals surface area contributed by atoms with Crippen LogP contribution in [0.4, 0.5) is 10.1 Å². The van der Waals surface area contributed by atoms with Crippen molar-refractivity contribution in [2.45, 2.75) is 18.9 Å². The first-order valence-electron chi connectivity index (χ1n) is 10.5. The van der Waals surface area contributed by atoms with Crippen LogP contribution in [-0.4, -0.2) is 57.1 Å². The normalized spacial score (nSPS) is 15.4. The first kappa shape index (κ1) is 22.6. The Morgan fingerprint density at radius 1 is 1.16 bits per heavy atom. The molecule has 166 valence electrons. The number of nitrogens with one attached hydrogen (secondary N) is 3. The Labute approximate surface area is 182 Å². The van der Waals surface area contributed by atoms with Crippen molar-refractivity contribution in [3.8, 4) is 5.75 Å². The lowest BCUT2D eigenvalue weighted by Gasteiger charge is -2.30. The maximum Gasteiger partial charge on any atom is 0.243 e. The molecule has 8 heteroatoms. The van der Waals surface area contributed by atoms with E-state index in [2.05, 4.69) is 31.9 Å². The molecule has 2 aromatic rings. The zero-order valence-electron chi connectivity index (χ0n) is 18.0. The molecule has 1 atom stereocenters. The van der Waals surface area contributed by atoms with Gasteiger partial charge in [0.15, 0.2) is 5.96 Å². The molecule has 3 N–H and O–H groups in total. The van der Waals surface area contributed by atoms with Crippen molar-refractivity contribution in [3.05, 3.63) is 59.9 Å². The molecule has 1 saturated heterocycles. The second kappa shape index (κ2) is 11.3. The van der Waals surface area contributed by atoms with Crippen molar-refractivity contribution >= 4 is 17.6 Å². The summed E-state index contributed by atoms with van der Waals surface area (Å²) in [7, 11) is 3.35. The van der Waals surface area contributed by atoms with Crippen molar-refractivity contribution < 1.29 is 13.9 Å². The summed E-state index contributed by atoms with van der Waals surface area (Å²) in [5.74, 6) is 0.703. The highest BCUT2D eigenvalue weighted by atomic mass is 19.1. The van der Waals surface area contributed by atoms with Crippen LogP contribution in [-0.2, 0) is 4.79 Å². The van der Waals surface area contributed by atoms with E-state index in [1.165, 1.54) is 25.0 Å². The van der Waals surface area contributed by atoms with E-state index in [-0.39, 0.29) is 18.5 Å². The highest BCUT2D eigenvalue weighted by Crippen LogP contribution is 2.31. The third kappa shape index (κ3) is 6.42. The van der Waals surface area contributed by atoms with Crippen LogP contribution in [0.3, 0.4) is 0 Å². The van der Waals surface area contributed by atoms with Gasteiger partial charge in [-0.25, -0.2) is 4.39 Å². The van der Waals surface area contributed by atoms with E-state index in [9.17, 15) is 9.18 Å². The van der Waals surface area contributed by atoms with Gasteiger partial charge in [-0.1, -0.05) is 24.3 Å². The molecule has 1 amide bonds. The number of hydrogen-bond donors (Lipinski definition) is 3. The van der Waals surface area contributed by atoms with Gasteiger partial charge in [0.1, 0.15) is 11.6 Å². The van der Waals surface area contributed by atoms with Crippen LogP contribution in [0.1, 0.15) is 24.4 Å². The minimum absolute atomic E-state index is 0.0131. The fraction of sp³-hybridized carbons (Fsp3) is 0.391. The summed E-state index contributed by atoms with van der Waals surface area (Å²) in [6.07, 6.45) is 2.36. The van der Waals surface area contributed by atoms with E-state index in [0.29, 0.717) is 18.2 Å². The van der Waals surface area contributed by atoms with Crippen molar-refractivity contribution in [1.29, 1.82) is 0 Å². The maximum atomic E-state index is 13.3. The number of nitrogens with zero attached hydrogens (tertiary/aromatic N) is 2. The topological polar surface area (TPSA) is 78.0 Å². The Morgan fingerprint density at radius 2 is 1.94 bits per heavy atom. The molecule has 2 aromatic carbocycles. The molecule has 3 rings (SSSR count). The van der Waals surface area contributed by atoms with E-state index in [1.54, 1.807) is 26.3 Å². The average molecular weight is 428 g/mol. The van der Waals surface area contributed by atoms with Crippen LogP contribution < -0.4 is 20.7 Å². The number of carbonyl (C=O) groups is 1. The second-order valence-electron chi connectivity index (χ2n) is 7.37. The van der Waals surface area contributed by atoms with E-state index in [0.717, 1.165) is 24.4 Å². The molecule has 1 fully saturated rings. The summed E-state index contributed by atoms with van der Waals surface area (Å²) in [6, 6.07) is 14.0. The molecule has 0 bridgehead atoms. The number of halogens is 1. The van der Waals surface area contributed by atoms with Gasteiger partial charge in [-0.15, -0.1) is 0 Å². The summed E-state index contributed by atoms with van der Waals surface area (Å²) in [6.45, 7) is 2.70. The summed E-state index contributed by atoms with van der Waals surface area (Å²) < 4.78 is 18.9. The summed E-state index contributed by atoms with van der Waals surface area (Å²) in [5, 5.41) is 9.00. The molecule has 1 heterocycles. The number of para-hydroxylation sites is 1. The molecule has 7 nitrogen and oxygen atoms in total. The van der Waals surface area contributed by atoms with E-state index < -0.39 is 5.82 Å². The molecule has 1 aliphatic heterocycles. The lowest BCUT2D eigenvalue weighted by atomic mass is 10.0. The highest BCUT2D eigenvalue weighted by Gasteiger charge is 2.26. The maximum absolute atomic E-state index is 13.3. The fourth-order valence-corrected chi connectivity index (χ4v) is 3.78. The summed E-state index contributed by atoms with van der Waals surface area (Å²) >= 11 is 0. The average Bonchev–Trinajstić information content (AvgIpc) is 3.31. The molecule has 31 heavy (non-hydrogen) atoms. The highest BCUT2D eigenvalue weighted by molar-refractivity contribution is 5.94. The Hall–Kier alpha value is -3.13. The Balaban J connectivity index is 1.58. The van der Waals surface area contributed by atoms with Crippen molar-refractivity contribution in [1.82, 2.24) is 15.5 Å². The number of likely N-dealkylation sites (tertiary alicyclic amines) is 1. The first-order chi connectivity index (χ1) is 15.1. The lowest BCUT2D eigenvalue weighted by molar-refractivity contribution is -0.115. The quantitative estimate of drug-likeness (QED) is 0.446. The van der Waals surface area contributed by atoms with Crippen molar-refractivity contribution in [2.24, 2.45) is 4.99 Å². The third-order valence-corrected chi connectivity index (χ3v) is 5.29. The van der Waals surface area contributed by atoms with Gasteiger partial charge in [0.05, 0.1) is 19.7 Å². The van der Waals surface area contributed by atoms with Gasteiger partial charge in [0, 0.05) is 24.8 Å². The standard InChI is InChI=1S/C23H30FN5O2/c1-25-23(27-16-22(30)28-18-9-7-8-17(24)14-18)26-15-20(29-12-5-6-13-29)19-10-3-4-11-21(19)31-2/h3-4,7-11,14,20H,5-6,12-13,15-16H2,1-2H3,(H,28,30)(H2,25,26,27). The number of carbonyl (C=O) groups excluding carboxylic acids is 1. The van der Waals surface area contributed by atoms with Crippen LogP contribution in [0.2, 0.25) is 0 Å². The Bertz CT molecular complexity index is 899. The number of ether oxygens (including phenoxy) is 1. The summed E-state index contributed by atoms with van der Waals surface area (Å²) in [4.78, 5) is 18.9. The van der Waals surface area contributed by atoms with Crippen LogP contribution in [0, 0.1) is 5.82 Å². The van der Waals surface area contributed by atoms with Crippen LogP contribution in [0.5, 0.6) is 5.75 Å². The van der Waals surface area contributed by atoms with E-state index in [1.807, 2.05) is 18.2 Å². The minimum Gasteiger partial charge on any atom is -0.496 e. The lowest BCUT2D eigenvalue weighted by Crippen LogP contribution is -2.45. The fourth-order valence-electron chi connectivity index (χ4n) is 3.78. The minimum atomic E-state index is -0.396. The number of anilines is 1. The van der Waals surface area contributed by atoms with Crippen LogP contribution in [0.25, 0.3) is 0 Å². The first-order valence-corrected chi connectivity index (χ1v) is 10.5. The van der Waals surface area contributed by atoms with Gasteiger partial charge in [0.2, 0.25) is 5.91 Å². The molecule has 0 aromatic heterocycles. The van der Waals surface area contributed by atoms with Gasteiger partial charge in [0.25, 0.3) is 0 Å². The number of rotatable bonds is 8. The van der Waals surface area contributed by atoms with E-state index in [4.69, 9.17) is 4.74 Å². The van der Waals surface area contributed by atoms with Gasteiger partial charge >= 0.3 is 0 Å². The molecule has 0 aliphatic carbocycles. The van der Waals surface area contributed by atoms with Crippen molar-refractivity contribution in [3.63, 3.8) is 0 Å². The van der Waals surface area contributed by atoms with Crippen LogP contribution >= 0.6 is 0 Å². The Morgan fingerprint density at radius 3 is 2.65 bits per heavy atom. The summed E-state index contributed by atoms with van der Waals surface area (Å²) in [5.41, 5.74) is 1.54. The zero-order chi connectivity index (χ0) is 22.1. The number of hydrogen-bond acceptors (Lipinski definition) is 4. The predicted molar refractivity (Wildman–Crippen MR) is 121 cm³/mol. The second-order valence-corrected chi connectivity index (χ2v) is 7.37. The number of aliphatic imine (C=N–C) groups is 1. The van der Waals surface area contributed by atoms with E-state index >= 15 is 0 Å². The number of amides is 1. The molecule has 0 saturated carbocycles.